The van der Waals surface area contributed by atoms with Crippen molar-refractivity contribution < 1.29 is 9.53 Å². The normalized spacial score (nSPS) is 11.3. The smallest absolute Gasteiger partial charge is 0.277 e. The summed E-state index contributed by atoms with van der Waals surface area (Å²) in [6.07, 6.45) is 3.83. The van der Waals surface area contributed by atoms with Gasteiger partial charge in [-0.3, -0.25) is 4.79 Å². The molecule has 0 heterocycles. The lowest BCUT2D eigenvalue weighted by atomic mass is 10.1. The zero-order chi connectivity index (χ0) is 18.7. The van der Waals surface area contributed by atoms with Gasteiger partial charge < -0.3 is 4.74 Å². The molecule has 0 bridgehead atoms. The number of ether oxygens (including phenoxy) is 1. The van der Waals surface area contributed by atoms with Gasteiger partial charge in [-0.05, 0) is 23.8 Å². The van der Waals surface area contributed by atoms with Gasteiger partial charge in [0.15, 0.2) is 6.61 Å². The van der Waals surface area contributed by atoms with Crippen LogP contribution in [-0.4, -0.2) is 18.2 Å². The fourth-order valence-corrected chi connectivity index (χ4v) is 2.37. The van der Waals surface area contributed by atoms with E-state index in [-0.39, 0.29) is 12.5 Å². The van der Waals surface area contributed by atoms with E-state index in [1.165, 1.54) is 0 Å². The minimum Gasteiger partial charge on any atom is -0.484 e. The van der Waals surface area contributed by atoms with E-state index >= 15 is 0 Å². The third-order valence-corrected chi connectivity index (χ3v) is 3.72. The highest BCUT2D eigenvalue weighted by Gasteiger charge is 2.04. The molecule has 0 aromatic heterocycles. The summed E-state index contributed by atoms with van der Waals surface area (Å²) in [6.45, 7) is -0.0992. The van der Waals surface area contributed by atoms with E-state index in [1.807, 2.05) is 91.0 Å². The maximum absolute atomic E-state index is 12.1. The Morgan fingerprint density at radius 1 is 0.852 bits per heavy atom. The van der Waals surface area contributed by atoms with Crippen LogP contribution in [0, 0.1) is 0 Å². The molecule has 3 aromatic carbocycles. The highest BCUT2D eigenvalue weighted by Crippen LogP contribution is 2.08. The molecule has 3 rings (SSSR count). The van der Waals surface area contributed by atoms with Gasteiger partial charge in [-0.25, -0.2) is 5.43 Å². The molecule has 0 saturated carbocycles. The lowest BCUT2D eigenvalue weighted by molar-refractivity contribution is -0.123. The summed E-state index contributed by atoms with van der Waals surface area (Å²) < 4.78 is 5.44. The van der Waals surface area contributed by atoms with Crippen molar-refractivity contribution in [2.45, 2.75) is 0 Å². The summed E-state index contributed by atoms with van der Waals surface area (Å²) in [5.41, 5.74) is 5.19. The van der Waals surface area contributed by atoms with Crippen LogP contribution in [0.1, 0.15) is 11.1 Å². The van der Waals surface area contributed by atoms with Crippen LogP contribution >= 0.6 is 0 Å². The molecule has 1 N–H and O–H groups in total. The van der Waals surface area contributed by atoms with Crippen LogP contribution in [0.5, 0.6) is 5.75 Å². The fourth-order valence-electron chi connectivity index (χ4n) is 2.37. The summed E-state index contributed by atoms with van der Waals surface area (Å²) in [5.74, 6) is 0.323. The second-order valence-corrected chi connectivity index (χ2v) is 5.74. The topological polar surface area (TPSA) is 50.7 Å². The number of benzene rings is 3. The van der Waals surface area contributed by atoms with Crippen LogP contribution in [0.25, 0.3) is 6.08 Å². The quantitative estimate of drug-likeness (QED) is 0.507. The number of nitrogens with one attached hydrogen (secondary N) is 1. The molecule has 3 aromatic rings. The van der Waals surface area contributed by atoms with Crippen molar-refractivity contribution in [1.29, 1.82) is 0 Å². The molecule has 0 atom stereocenters. The number of hydrogen-bond acceptors (Lipinski definition) is 3. The van der Waals surface area contributed by atoms with E-state index in [9.17, 15) is 4.79 Å². The van der Waals surface area contributed by atoms with Gasteiger partial charge in [-0.15, -0.1) is 0 Å². The Morgan fingerprint density at radius 2 is 1.44 bits per heavy atom. The summed E-state index contributed by atoms with van der Waals surface area (Å²) in [4.78, 5) is 12.1. The average molecular weight is 356 g/mol. The molecule has 4 heteroatoms. The van der Waals surface area contributed by atoms with Crippen LogP contribution < -0.4 is 10.2 Å². The molecule has 0 saturated heterocycles. The van der Waals surface area contributed by atoms with Gasteiger partial charge >= 0.3 is 0 Å². The molecule has 0 fully saturated rings. The standard InChI is InChI=1S/C23H20N2O2/c26-23(18-27-21-14-8-3-9-15-21)25-24-22(20-12-6-2-7-13-20)17-16-19-10-4-1-5-11-19/h1-17H,18H2,(H,25,26)/b17-16+,24-22+. The molecule has 4 nitrogen and oxygen atoms in total. The highest BCUT2D eigenvalue weighted by molar-refractivity contribution is 6.11. The first-order valence-corrected chi connectivity index (χ1v) is 8.64. The van der Waals surface area contributed by atoms with Crippen LogP contribution in [0.4, 0.5) is 0 Å². The third-order valence-electron chi connectivity index (χ3n) is 3.72. The second kappa shape index (κ2) is 9.73. The van der Waals surface area contributed by atoms with Crippen molar-refractivity contribution in [3.63, 3.8) is 0 Å². The van der Waals surface area contributed by atoms with Crippen molar-refractivity contribution in [2.24, 2.45) is 5.10 Å². The largest absolute Gasteiger partial charge is 0.484 e. The van der Waals surface area contributed by atoms with Gasteiger partial charge in [0.05, 0.1) is 5.71 Å². The molecule has 1 amide bonds. The van der Waals surface area contributed by atoms with Crippen LogP contribution in [-0.2, 0) is 4.79 Å². The fraction of sp³-hybridized carbons (Fsp3) is 0.0435. The Balaban J connectivity index is 1.68. The van der Waals surface area contributed by atoms with Gasteiger partial charge in [-0.1, -0.05) is 84.9 Å². The monoisotopic (exact) mass is 356 g/mol. The van der Waals surface area contributed by atoms with Crippen LogP contribution in [0.15, 0.2) is 102 Å². The third kappa shape index (κ3) is 5.97. The first-order valence-electron chi connectivity index (χ1n) is 8.64. The average Bonchev–Trinajstić information content (AvgIpc) is 2.74. The number of rotatable bonds is 7. The number of nitrogens with zero attached hydrogens (tertiary/aromatic N) is 1. The SMILES string of the molecule is O=C(COc1ccccc1)N/N=C(\C=C\c1ccccc1)c1ccccc1. The van der Waals surface area contributed by atoms with Crippen molar-refractivity contribution >= 4 is 17.7 Å². The molecular weight excluding hydrogens is 336 g/mol. The van der Waals surface area contributed by atoms with E-state index in [0.29, 0.717) is 11.5 Å². The molecule has 27 heavy (non-hydrogen) atoms. The molecule has 0 unspecified atom stereocenters. The molecule has 0 aliphatic heterocycles. The Kier molecular flexibility index (Phi) is 6.54. The molecule has 134 valence electrons. The summed E-state index contributed by atoms with van der Waals surface area (Å²) in [7, 11) is 0. The molecular formula is C23H20N2O2. The Hall–Kier alpha value is -3.66. The summed E-state index contributed by atoms with van der Waals surface area (Å²) in [5, 5.41) is 4.27. The first-order chi connectivity index (χ1) is 13.3. The van der Waals surface area contributed by atoms with Gasteiger partial charge in [0.2, 0.25) is 0 Å². The summed E-state index contributed by atoms with van der Waals surface area (Å²) >= 11 is 0. The Bertz CT molecular complexity index is 905. The molecule has 0 radical (unpaired) electrons. The Morgan fingerprint density at radius 3 is 2.11 bits per heavy atom. The van der Waals surface area contributed by atoms with Crippen molar-refractivity contribution in [1.82, 2.24) is 5.43 Å². The molecule has 0 aliphatic carbocycles. The number of hydrazone groups is 1. The van der Waals surface area contributed by atoms with Crippen molar-refractivity contribution in [3.8, 4) is 5.75 Å². The van der Waals surface area contributed by atoms with Crippen molar-refractivity contribution in [2.75, 3.05) is 6.61 Å². The second-order valence-electron chi connectivity index (χ2n) is 5.74. The number of carbonyl (C=O) groups is 1. The number of hydrogen-bond donors (Lipinski definition) is 1. The summed E-state index contributed by atoms with van der Waals surface area (Å²) in [6, 6.07) is 28.8. The van der Waals surface area contributed by atoms with Gasteiger partial charge in [0.1, 0.15) is 5.75 Å². The lowest BCUT2D eigenvalue weighted by Gasteiger charge is -2.06. The van der Waals surface area contributed by atoms with E-state index in [2.05, 4.69) is 10.5 Å². The minimum atomic E-state index is -0.319. The predicted molar refractivity (Wildman–Crippen MR) is 109 cm³/mol. The maximum Gasteiger partial charge on any atom is 0.277 e. The van der Waals surface area contributed by atoms with Gasteiger partial charge in [0.25, 0.3) is 5.91 Å². The predicted octanol–water partition coefficient (Wildman–Crippen LogP) is 4.30. The number of para-hydroxylation sites is 1. The van der Waals surface area contributed by atoms with Crippen molar-refractivity contribution in [3.05, 3.63) is 108 Å². The van der Waals surface area contributed by atoms with Crippen LogP contribution in [0.3, 0.4) is 0 Å². The van der Waals surface area contributed by atoms with E-state index < -0.39 is 0 Å². The number of amides is 1. The lowest BCUT2D eigenvalue weighted by Crippen LogP contribution is -2.25. The minimum absolute atomic E-state index is 0.0992. The Labute approximate surface area is 158 Å². The molecule has 0 spiro atoms. The number of carbonyl (C=O) groups excluding carboxylic acids is 1. The highest BCUT2D eigenvalue weighted by atomic mass is 16.5. The van der Waals surface area contributed by atoms with E-state index in [0.717, 1.165) is 11.1 Å². The van der Waals surface area contributed by atoms with Crippen LogP contribution in [0.2, 0.25) is 0 Å². The maximum atomic E-state index is 12.1. The van der Waals surface area contributed by atoms with E-state index in [1.54, 1.807) is 12.1 Å². The van der Waals surface area contributed by atoms with Gasteiger partial charge in [-0.2, -0.15) is 5.10 Å². The van der Waals surface area contributed by atoms with E-state index in [4.69, 9.17) is 4.74 Å². The zero-order valence-electron chi connectivity index (χ0n) is 14.8. The molecule has 0 aliphatic rings. The van der Waals surface area contributed by atoms with Gasteiger partial charge in [0, 0.05) is 5.56 Å². The first kappa shape index (κ1) is 18.1. The number of allylic oxidation sites excluding steroid dienone is 1. The zero-order valence-corrected chi connectivity index (χ0v) is 14.8.